The van der Waals surface area contributed by atoms with Crippen molar-refractivity contribution in [3.63, 3.8) is 0 Å². The lowest BCUT2D eigenvalue weighted by Crippen LogP contribution is -2.51. The van der Waals surface area contributed by atoms with Gasteiger partial charge in [0.05, 0.1) is 18.6 Å². The molecule has 1 aliphatic heterocycles. The largest absolute Gasteiger partial charge is 0.480 e. The Morgan fingerprint density at radius 3 is 2.58 bits per heavy atom. The topological polar surface area (TPSA) is 131 Å². The van der Waals surface area contributed by atoms with Crippen molar-refractivity contribution in [2.24, 2.45) is 5.73 Å². The van der Waals surface area contributed by atoms with E-state index in [9.17, 15) is 14.4 Å². The number of amides is 3. The summed E-state index contributed by atoms with van der Waals surface area (Å²) in [6, 6.07) is -2.21. The standard InChI is InChI=1S/C11H19N3O5/c1-6(8-3-2-4-19-8)13-11(18)14-7(10(16)17)5-9(12)15/h6-8H,2-5H2,1H3,(H2,12,15)(H,16,17)(H2,13,14,18). The van der Waals surface area contributed by atoms with Crippen molar-refractivity contribution in [2.45, 2.75) is 44.4 Å². The maximum Gasteiger partial charge on any atom is 0.326 e. The fourth-order valence-corrected chi connectivity index (χ4v) is 1.90. The summed E-state index contributed by atoms with van der Waals surface area (Å²) in [5.74, 6) is -2.10. The summed E-state index contributed by atoms with van der Waals surface area (Å²) in [5, 5.41) is 13.6. The number of carbonyl (C=O) groups excluding carboxylic acids is 2. The molecule has 8 heteroatoms. The molecule has 0 saturated carbocycles. The Kier molecular flexibility index (Phi) is 5.56. The molecule has 3 unspecified atom stereocenters. The lowest BCUT2D eigenvalue weighted by Gasteiger charge is -2.21. The molecule has 5 N–H and O–H groups in total. The molecule has 3 amide bonds. The summed E-state index contributed by atoms with van der Waals surface area (Å²) in [7, 11) is 0. The zero-order valence-corrected chi connectivity index (χ0v) is 10.7. The van der Waals surface area contributed by atoms with Crippen LogP contribution in [0.25, 0.3) is 0 Å². The first kappa shape index (κ1) is 15.2. The highest BCUT2D eigenvalue weighted by Gasteiger charge is 2.26. The van der Waals surface area contributed by atoms with Crippen molar-refractivity contribution in [1.29, 1.82) is 0 Å². The molecule has 0 radical (unpaired) electrons. The number of hydrogen-bond acceptors (Lipinski definition) is 4. The molecule has 0 spiro atoms. The van der Waals surface area contributed by atoms with Crippen LogP contribution in [0.1, 0.15) is 26.2 Å². The Labute approximate surface area is 110 Å². The highest BCUT2D eigenvalue weighted by molar-refractivity contribution is 5.87. The molecule has 1 rings (SSSR count). The average Bonchev–Trinajstić information content (AvgIpc) is 2.80. The SMILES string of the molecule is CC(NC(=O)NC(CC(N)=O)C(=O)O)C1CCCO1. The number of hydrogen-bond donors (Lipinski definition) is 4. The molecule has 19 heavy (non-hydrogen) atoms. The number of rotatable bonds is 6. The van der Waals surface area contributed by atoms with E-state index in [1.54, 1.807) is 6.92 Å². The zero-order chi connectivity index (χ0) is 14.4. The number of ether oxygens (including phenoxy) is 1. The molecule has 0 aromatic rings. The van der Waals surface area contributed by atoms with Gasteiger partial charge in [-0.3, -0.25) is 4.79 Å². The van der Waals surface area contributed by atoms with E-state index in [0.29, 0.717) is 6.61 Å². The van der Waals surface area contributed by atoms with Crippen LogP contribution in [-0.4, -0.2) is 47.8 Å². The molecule has 0 aliphatic carbocycles. The lowest BCUT2D eigenvalue weighted by molar-refractivity contribution is -0.140. The Morgan fingerprint density at radius 1 is 1.42 bits per heavy atom. The van der Waals surface area contributed by atoms with Crippen LogP contribution in [-0.2, 0) is 14.3 Å². The second-order valence-corrected chi connectivity index (χ2v) is 4.52. The number of nitrogens with two attached hydrogens (primary N) is 1. The molecule has 0 bridgehead atoms. The molecule has 3 atom stereocenters. The minimum absolute atomic E-state index is 0.0647. The van der Waals surface area contributed by atoms with Gasteiger partial charge in [-0.25, -0.2) is 9.59 Å². The second-order valence-electron chi connectivity index (χ2n) is 4.52. The van der Waals surface area contributed by atoms with Gasteiger partial charge in [0.1, 0.15) is 6.04 Å². The number of aliphatic carboxylic acids is 1. The van der Waals surface area contributed by atoms with Crippen molar-refractivity contribution in [1.82, 2.24) is 10.6 Å². The van der Waals surface area contributed by atoms with Gasteiger partial charge in [-0.05, 0) is 19.8 Å². The highest BCUT2D eigenvalue weighted by Crippen LogP contribution is 2.15. The van der Waals surface area contributed by atoms with Gasteiger partial charge in [-0.15, -0.1) is 0 Å². The maximum absolute atomic E-state index is 11.6. The molecule has 0 aromatic carbocycles. The lowest BCUT2D eigenvalue weighted by atomic mass is 10.1. The number of urea groups is 1. The Balaban J connectivity index is 2.43. The minimum Gasteiger partial charge on any atom is -0.480 e. The van der Waals surface area contributed by atoms with E-state index in [1.165, 1.54) is 0 Å². The molecule has 1 heterocycles. The fraction of sp³-hybridized carbons (Fsp3) is 0.727. The van der Waals surface area contributed by atoms with Gasteiger partial charge in [-0.1, -0.05) is 0 Å². The first-order valence-corrected chi connectivity index (χ1v) is 6.10. The van der Waals surface area contributed by atoms with Crippen molar-refractivity contribution in [3.8, 4) is 0 Å². The van der Waals surface area contributed by atoms with E-state index < -0.39 is 30.4 Å². The van der Waals surface area contributed by atoms with Crippen LogP contribution >= 0.6 is 0 Å². The highest BCUT2D eigenvalue weighted by atomic mass is 16.5. The smallest absolute Gasteiger partial charge is 0.326 e. The summed E-state index contributed by atoms with van der Waals surface area (Å²) in [6.07, 6.45) is 1.28. The van der Waals surface area contributed by atoms with Gasteiger partial charge in [0.2, 0.25) is 5.91 Å². The monoisotopic (exact) mass is 273 g/mol. The van der Waals surface area contributed by atoms with Gasteiger partial charge in [-0.2, -0.15) is 0 Å². The summed E-state index contributed by atoms with van der Waals surface area (Å²) >= 11 is 0. The van der Waals surface area contributed by atoms with Crippen LogP contribution in [0.4, 0.5) is 4.79 Å². The maximum atomic E-state index is 11.6. The van der Waals surface area contributed by atoms with Crippen LogP contribution in [0.2, 0.25) is 0 Å². The van der Waals surface area contributed by atoms with Crippen LogP contribution in [0.5, 0.6) is 0 Å². The predicted molar refractivity (Wildman–Crippen MR) is 65.3 cm³/mol. The van der Waals surface area contributed by atoms with Crippen LogP contribution in [0.15, 0.2) is 0 Å². The van der Waals surface area contributed by atoms with Crippen molar-refractivity contribution in [2.75, 3.05) is 6.61 Å². The average molecular weight is 273 g/mol. The van der Waals surface area contributed by atoms with E-state index in [-0.39, 0.29) is 12.1 Å². The van der Waals surface area contributed by atoms with E-state index in [2.05, 4.69) is 10.6 Å². The molecule has 1 fully saturated rings. The summed E-state index contributed by atoms with van der Waals surface area (Å²) in [4.78, 5) is 33.1. The summed E-state index contributed by atoms with van der Waals surface area (Å²) in [5.41, 5.74) is 4.91. The van der Waals surface area contributed by atoms with Gasteiger partial charge >= 0.3 is 12.0 Å². The third kappa shape index (κ3) is 5.12. The number of primary amides is 1. The Morgan fingerprint density at radius 2 is 2.11 bits per heavy atom. The normalized spacial score (nSPS) is 21.4. The Hall–Kier alpha value is -1.83. The third-order valence-corrected chi connectivity index (χ3v) is 2.89. The molecular weight excluding hydrogens is 254 g/mol. The van der Waals surface area contributed by atoms with E-state index in [0.717, 1.165) is 12.8 Å². The number of nitrogens with one attached hydrogen (secondary N) is 2. The zero-order valence-electron chi connectivity index (χ0n) is 10.7. The van der Waals surface area contributed by atoms with Crippen LogP contribution < -0.4 is 16.4 Å². The summed E-state index contributed by atoms with van der Waals surface area (Å²) < 4.78 is 5.40. The van der Waals surface area contributed by atoms with Gasteiger partial charge in [0, 0.05) is 6.61 Å². The van der Waals surface area contributed by atoms with E-state index in [4.69, 9.17) is 15.6 Å². The molecule has 1 aliphatic rings. The van der Waals surface area contributed by atoms with E-state index in [1.807, 2.05) is 0 Å². The quantitative estimate of drug-likeness (QED) is 0.502. The molecule has 0 aromatic heterocycles. The number of carboxylic acids is 1. The van der Waals surface area contributed by atoms with Crippen molar-refractivity contribution < 1.29 is 24.2 Å². The molecular formula is C11H19N3O5. The van der Waals surface area contributed by atoms with Crippen molar-refractivity contribution in [3.05, 3.63) is 0 Å². The third-order valence-electron chi connectivity index (χ3n) is 2.89. The predicted octanol–water partition coefficient (Wildman–Crippen LogP) is -0.818. The van der Waals surface area contributed by atoms with Gasteiger partial charge in [0.15, 0.2) is 0 Å². The van der Waals surface area contributed by atoms with Crippen molar-refractivity contribution >= 4 is 17.9 Å². The summed E-state index contributed by atoms with van der Waals surface area (Å²) in [6.45, 7) is 2.44. The Bertz CT molecular complexity index is 354. The fourth-order valence-electron chi connectivity index (χ4n) is 1.90. The number of carboxylic acid groups (broad SMARTS) is 1. The molecule has 1 saturated heterocycles. The van der Waals surface area contributed by atoms with E-state index >= 15 is 0 Å². The molecule has 108 valence electrons. The van der Waals surface area contributed by atoms with Crippen LogP contribution in [0, 0.1) is 0 Å². The van der Waals surface area contributed by atoms with Gasteiger partial charge < -0.3 is 26.2 Å². The van der Waals surface area contributed by atoms with Gasteiger partial charge in [0.25, 0.3) is 0 Å². The first-order chi connectivity index (χ1) is 8.90. The minimum atomic E-state index is -1.32. The van der Waals surface area contributed by atoms with Crippen LogP contribution in [0.3, 0.4) is 0 Å². The first-order valence-electron chi connectivity index (χ1n) is 6.10. The molecule has 8 nitrogen and oxygen atoms in total. The second kappa shape index (κ2) is 6.93. The number of carbonyl (C=O) groups is 3.